The van der Waals surface area contributed by atoms with Crippen LogP contribution in [0.3, 0.4) is 0 Å². The number of hydrogen-bond donors (Lipinski definition) is 1. The lowest BCUT2D eigenvalue weighted by Crippen LogP contribution is -2.58. The molecule has 3 heteroatoms. The van der Waals surface area contributed by atoms with Crippen molar-refractivity contribution in [1.82, 2.24) is 5.32 Å². The minimum atomic E-state index is -1.33. The Morgan fingerprint density at radius 1 is 1.60 bits per heavy atom. The van der Waals surface area contributed by atoms with Crippen LogP contribution in [0.4, 0.5) is 0 Å². The topological polar surface area (TPSA) is 21.3 Å². The van der Waals surface area contributed by atoms with Gasteiger partial charge in [-0.2, -0.15) is 0 Å². The number of rotatable bonds is 1. The largest absolute Gasteiger partial charge is 0.415 e. The Morgan fingerprint density at radius 3 is 2.70 bits per heavy atom. The van der Waals surface area contributed by atoms with E-state index in [2.05, 4.69) is 25.3 Å². The molecule has 1 aliphatic rings. The van der Waals surface area contributed by atoms with Gasteiger partial charge in [0.2, 0.25) is 8.32 Å². The molecule has 0 bridgehead atoms. The SMILES string of the molecule is CCC1NCCO[Si]1(C)C. The molecular formula is C7H17NOSi. The van der Waals surface area contributed by atoms with Crippen molar-refractivity contribution >= 4 is 8.32 Å². The second kappa shape index (κ2) is 3.03. The van der Waals surface area contributed by atoms with Gasteiger partial charge in [-0.1, -0.05) is 6.92 Å². The van der Waals surface area contributed by atoms with Crippen molar-refractivity contribution in [2.45, 2.75) is 32.1 Å². The second-order valence-electron chi connectivity index (χ2n) is 3.37. The van der Waals surface area contributed by atoms with E-state index in [0.29, 0.717) is 5.67 Å². The average molecular weight is 159 g/mol. The van der Waals surface area contributed by atoms with E-state index in [0.717, 1.165) is 13.2 Å². The highest BCUT2D eigenvalue weighted by Gasteiger charge is 2.34. The first-order valence-electron chi connectivity index (χ1n) is 4.04. The molecule has 0 amide bonds. The van der Waals surface area contributed by atoms with E-state index in [1.54, 1.807) is 0 Å². The van der Waals surface area contributed by atoms with Crippen LogP contribution >= 0.6 is 0 Å². The van der Waals surface area contributed by atoms with Gasteiger partial charge < -0.3 is 9.74 Å². The van der Waals surface area contributed by atoms with Crippen molar-refractivity contribution in [2.24, 2.45) is 0 Å². The molecule has 1 heterocycles. The van der Waals surface area contributed by atoms with E-state index in [1.807, 2.05) is 0 Å². The Balaban J connectivity index is 2.51. The zero-order chi connectivity index (χ0) is 7.61. The van der Waals surface area contributed by atoms with Crippen LogP contribution in [-0.2, 0) is 4.43 Å². The molecule has 0 aliphatic carbocycles. The first kappa shape index (κ1) is 8.24. The maximum absolute atomic E-state index is 5.75. The van der Waals surface area contributed by atoms with Crippen LogP contribution < -0.4 is 5.32 Å². The van der Waals surface area contributed by atoms with Gasteiger partial charge in [-0.25, -0.2) is 0 Å². The highest BCUT2D eigenvalue weighted by Crippen LogP contribution is 2.15. The third-order valence-electron chi connectivity index (χ3n) is 2.21. The van der Waals surface area contributed by atoms with Crippen LogP contribution in [0.1, 0.15) is 13.3 Å². The van der Waals surface area contributed by atoms with Crippen molar-refractivity contribution in [2.75, 3.05) is 13.2 Å². The second-order valence-corrected chi connectivity index (χ2v) is 7.56. The average Bonchev–Trinajstić information content (AvgIpc) is 1.87. The summed E-state index contributed by atoms with van der Waals surface area (Å²) in [4.78, 5) is 0. The minimum Gasteiger partial charge on any atom is -0.415 e. The van der Waals surface area contributed by atoms with Gasteiger partial charge in [-0.3, -0.25) is 0 Å². The molecule has 0 radical (unpaired) electrons. The number of hydrogen-bond acceptors (Lipinski definition) is 2. The van der Waals surface area contributed by atoms with Gasteiger partial charge >= 0.3 is 0 Å². The highest BCUT2D eigenvalue weighted by atomic mass is 28.4. The molecule has 0 aromatic rings. The zero-order valence-electron chi connectivity index (χ0n) is 7.11. The van der Waals surface area contributed by atoms with Gasteiger partial charge in [0.05, 0.1) is 0 Å². The van der Waals surface area contributed by atoms with E-state index in [4.69, 9.17) is 4.43 Å². The molecular weight excluding hydrogens is 142 g/mol. The lowest BCUT2D eigenvalue weighted by molar-refractivity contribution is 0.254. The minimum absolute atomic E-state index is 0.668. The van der Waals surface area contributed by atoms with Crippen LogP contribution in [0, 0.1) is 0 Å². The molecule has 0 saturated carbocycles. The van der Waals surface area contributed by atoms with Crippen molar-refractivity contribution in [3.63, 3.8) is 0 Å². The molecule has 1 atom stereocenters. The summed E-state index contributed by atoms with van der Waals surface area (Å²) in [6.07, 6.45) is 1.21. The lowest BCUT2D eigenvalue weighted by atomic mass is 10.4. The van der Waals surface area contributed by atoms with Crippen LogP contribution in [0.25, 0.3) is 0 Å². The van der Waals surface area contributed by atoms with E-state index in [-0.39, 0.29) is 0 Å². The molecule has 1 saturated heterocycles. The molecule has 1 N–H and O–H groups in total. The fourth-order valence-electron chi connectivity index (χ4n) is 1.53. The van der Waals surface area contributed by atoms with E-state index in [1.165, 1.54) is 6.42 Å². The van der Waals surface area contributed by atoms with Gasteiger partial charge in [0.15, 0.2) is 0 Å². The van der Waals surface area contributed by atoms with Gasteiger partial charge in [-0.05, 0) is 19.5 Å². The predicted octanol–water partition coefficient (Wildman–Crippen LogP) is 1.13. The Kier molecular flexibility index (Phi) is 2.49. The third-order valence-corrected chi connectivity index (χ3v) is 5.45. The van der Waals surface area contributed by atoms with E-state index < -0.39 is 8.32 Å². The molecule has 0 aromatic carbocycles. The van der Waals surface area contributed by atoms with E-state index >= 15 is 0 Å². The summed E-state index contributed by atoms with van der Waals surface area (Å²) in [5, 5.41) is 3.50. The third kappa shape index (κ3) is 1.59. The fourth-order valence-corrected chi connectivity index (χ4v) is 3.98. The Bertz CT molecular complexity index is 116. The molecule has 0 spiro atoms. The highest BCUT2D eigenvalue weighted by molar-refractivity contribution is 6.72. The summed E-state index contributed by atoms with van der Waals surface area (Å²) >= 11 is 0. The standard InChI is InChI=1S/C7H17NOSi/c1-4-7-8-5-6-9-10(7,2)3/h7-8H,4-6H2,1-3H3. The first-order valence-corrected chi connectivity index (χ1v) is 7.02. The smallest absolute Gasteiger partial charge is 0.203 e. The van der Waals surface area contributed by atoms with E-state index in [9.17, 15) is 0 Å². The van der Waals surface area contributed by atoms with Crippen molar-refractivity contribution in [3.05, 3.63) is 0 Å². The molecule has 1 fully saturated rings. The maximum Gasteiger partial charge on any atom is 0.203 e. The summed E-state index contributed by atoms with van der Waals surface area (Å²) in [7, 11) is -1.33. The summed E-state index contributed by atoms with van der Waals surface area (Å²) < 4.78 is 5.75. The van der Waals surface area contributed by atoms with Crippen LogP contribution in [0.5, 0.6) is 0 Å². The molecule has 60 valence electrons. The van der Waals surface area contributed by atoms with Gasteiger partial charge in [-0.15, -0.1) is 0 Å². The summed E-state index contributed by atoms with van der Waals surface area (Å²) in [6.45, 7) is 8.74. The summed E-state index contributed by atoms with van der Waals surface area (Å²) in [6, 6.07) is 0. The van der Waals surface area contributed by atoms with Gasteiger partial charge in [0.25, 0.3) is 0 Å². The van der Waals surface area contributed by atoms with Crippen molar-refractivity contribution in [1.29, 1.82) is 0 Å². The normalized spacial score (nSPS) is 32.1. The van der Waals surface area contributed by atoms with Crippen LogP contribution in [0.2, 0.25) is 13.1 Å². The molecule has 1 rings (SSSR count). The molecule has 10 heavy (non-hydrogen) atoms. The summed E-state index contributed by atoms with van der Waals surface area (Å²) in [5.41, 5.74) is 0.668. The monoisotopic (exact) mass is 159 g/mol. The Morgan fingerprint density at radius 2 is 2.30 bits per heavy atom. The Labute approximate surface area is 64.1 Å². The predicted molar refractivity (Wildman–Crippen MR) is 45.5 cm³/mol. The quantitative estimate of drug-likeness (QED) is 0.579. The van der Waals surface area contributed by atoms with Crippen molar-refractivity contribution in [3.8, 4) is 0 Å². The fraction of sp³-hybridized carbons (Fsp3) is 1.00. The first-order chi connectivity index (χ1) is 4.67. The van der Waals surface area contributed by atoms with Gasteiger partial charge in [0, 0.05) is 18.8 Å². The molecule has 1 aliphatic heterocycles. The Hall–Kier alpha value is 0.137. The maximum atomic E-state index is 5.75. The molecule has 1 unspecified atom stereocenters. The van der Waals surface area contributed by atoms with Crippen molar-refractivity contribution < 1.29 is 4.43 Å². The summed E-state index contributed by atoms with van der Waals surface area (Å²) in [5.74, 6) is 0. The zero-order valence-corrected chi connectivity index (χ0v) is 8.11. The molecule has 2 nitrogen and oxygen atoms in total. The van der Waals surface area contributed by atoms with Crippen LogP contribution in [0.15, 0.2) is 0 Å². The number of nitrogens with one attached hydrogen (secondary N) is 1. The molecule has 0 aromatic heterocycles. The van der Waals surface area contributed by atoms with Crippen LogP contribution in [-0.4, -0.2) is 27.1 Å². The lowest BCUT2D eigenvalue weighted by Gasteiger charge is -2.36. The van der Waals surface area contributed by atoms with Gasteiger partial charge in [0.1, 0.15) is 0 Å².